The Bertz CT molecular complexity index is 872. The van der Waals surface area contributed by atoms with Gasteiger partial charge in [0.15, 0.2) is 0 Å². The number of hydrogen-bond acceptors (Lipinski definition) is 5. The third-order valence-electron chi connectivity index (χ3n) is 5.04. The Morgan fingerprint density at radius 3 is 2.86 bits per heavy atom. The number of hydrogen-bond donors (Lipinski definition) is 1. The fraction of sp³-hybridized carbons (Fsp3) is 0.333. The average Bonchev–Trinajstić information content (AvgIpc) is 2.99. The highest BCUT2D eigenvalue weighted by molar-refractivity contribution is 8.00. The van der Waals surface area contributed by atoms with E-state index in [9.17, 15) is 9.59 Å². The number of fused-ring (bicyclic) bond motifs is 1. The minimum Gasteiger partial charge on any atom is -0.322 e. The fourth-order valence-electron chi connectivity index (χ4n) is 3.74. The van der Waals surface area contributed by atoms with E-state index < -0.39 is 0 Å². The number of aromatic nitrogens is 2. The quantitative estimate of drug-likeness (QED) is 0.762. The van der Waals surface area contributed by atoms with Gasteiger partial charge in [-0.3, -0.25) is 14.6 Å². The van der Waals surface area contributed by atoms with Crippen LogP contribution in [0.1, 0.15) is 24.8 Å². The second kappa shape index (κ2) is 8.56. The van der Waals surface area contributed by atoms with Gasteiger partial charge in [0.25, 0.3) is 0 Å². The highest BCUT2D eigenvalue weighted by Gasteiger charge is 2.44. The van der Waals surface area contributed by atoms with Crippen molar-refractivity contribution in [3.05, 3.63) is 66.1 Å². The molecule has 1 aliphatic heterocycles. The highest BCUT2D eigenvalue weighted by Crippen LogP contribution is 2.42. The first-order valence-corrected chi connectivity index (χ1v) is 10.5. The number of likely N-dealkylation sites (tertiary alicyclic amines) is 1. The monoisotopic (exact) mass is 394 g/mol. The molecule has 2 aromatic heterocycles. The van der Waals surface area contributed by atoms with Crippen LogP contribution in [0.3, 0.4) is 0 Å². The van der Waals surface area contributed by atoms with Gasteiger partial charge in [-0.25, -0.2) is 4.98 Å². The van der Waals surface area contributed by atoms with Gasteiger partial charge >= 0.3 is 0 Å². The van der Waals surface area contributed by atoms with Gasteiger partial charge in [0.05, 0.1) is 11.7 Å². The summed E-state index contributed by atoms with van der Waals surface area (Å²) in [4.78, 5) is 35.5. The second-order valence-electron chi connectivity index (χ2n) is 6.94. The Morgan fingerprint density at radius 2 is 2.07 bits per heavy atom. The molecule has 2 amide bonds. The van der Waals surface area contributed by atoms with Crippen LogP contribution in [0.5, 0.6) is 0 Å². The standard InChI is InChI=1S/C21H22N4O2S/c26-19(24-18-7-3-4-10-23-18)14-28-21-17-6-2-1-5-16(17)20(27)25(21)13-15-8-11-22-12-9-15/h3-4,6-12,16,21H,1-2,5,13-14H2,(H,23,24,26). The van der Waals surface area contributed by atoms with E-state index in [1.54, 1.807) is 30.7 Å². The Hall–Kier alpha value is -2.67. The van der Waals surface area contributed by atoms with Gasteiger partial charge in [-0.1, -0.05) is 12.1 Å². The number of nitrogens with zero attached hydrogens (tertiary/aromatic N) is 3. The maximum Gasteiger partial charge on any atom is 0.235 e. The van der Waals surface area contributed by atoms with E-state index in [2.05, 4.69) is 21.4 Å². The molecular formula is C21H22N4O2S. The molecule has 0 radical (unpaired) electrons. The van der Waals surface area contributed by atoms with E-state index in [1.807, 2.05) is 23.1 Å². The van der Waals surface area contributed by atoms with E-state index in [4.69, 9.17) is 0 Å². The molecule has 1 aliphatic carbocycles. The minimum absolute atomic E-state index is 0.0352. The predicted octanol–water partition coefficient (Wildman–Crippen LogP) is 3.24. The number of allylic oxidation sites excluding steroid dienone is 1. The summed E-state index contributed by atoms with van der Waals surface area (Å²) in [6, 6.07) is 9.26. The van der Waals surface area contributed by atoms with Gasteiger partial charge in [-0.05, 0) is 54.7 Å². The molecule has 28 heavy (non-hydrogen) atoms. The van der Waals surface area contributed by atoms with Crippen LogP contribution in [0.2, 0.25) is 0 Å². The van der Waals surface area contributed by atoms with Crippen LogP contribution < -0.4 is 5.32 Å². The lowest BCUT2D eigenvalue weighted by atomic mass is 9.90. The number of thioether (sulfide) groups is 1. The van der Waals surface area contributed by atoms with Crippen LogP contribution in [0.15, 0.2) is 60.6 Å². The van der Waals surface area contributed by atoms with Crippen molar-refractivity contribution in [3.63, 3.8) is 0 Å². The van der Waals surface area contributed by atoms with Crippen molar-refractivity contribution in [2.75, 3.05) is 11.1 Å². The van der Waals surface area contributed by atoms with Crippen LogP contribution in [0, 0.1) is 5.92 Å². The minimum atomic E-state index is -0.111. The Labute approximate surface area is 168 Å². The molecule has 2 aromatic rings. The van der Waals surface area contributed by atoms with Crippen molar-refractivity contribution in [2.45, 2.75) is 31.2 Å². The lowest BCUT2D eigenvalue weighted by molar-refractivity contribution is -0.131. The average molecular weight is 394 g/mol. The molecule has 1 N–H and O–H groups in total. The third kappa shape index (κ3) is 4.09. The molecule has 2 aliphatic rings. The molecule has 0 aromatic carbocycles. The molecule has 2 unspecified atom stereocenters. The molecule has 1 saturated heterocycles. The lowest BCUT2D eigenvalue weighted by Crippen LogP contribution is -2.32. The summed E-state index contributed by atoms with van der Waals surface area (Å²) in [7, 11) is 0. The molecule has 3 heterocycles. The Balaban J connectivity index is 1.47. The summed E-state index contributed by atoms with van der Waals surface area (Å²) >= 11 is 1.51. The lowest BCUT2D eigenvalue weighted by Gasteiger charge is -2.25. The Kier molecular flexibility index (Phi) is 5.71. The fourth-order valence-corrected chi connectivity index (χ4v) is 4.93. The van der Waals surface area contributed by atoms with Crippen molar-refractivity contribution >= 4 is 29.4 Å². The highest BCUT2D eigenvalue weighted by atomic mass is 32.2. The predicted molar refractivity (Wildman–Crippen MR) is 109 cm³/mol. The van der Waals surface area contributed by atoms with Crippen LogP contribution in [0.25, 0.3) is 0 Å². The summed E-state index contributed by atoms with van der Waals surface area (Å²) in [5, 5.41) is 2.71. The molecular weight excluding hydrogens is 372 g/mol. The smallest absolute Gasteiger partial charge is 0.235 e. The van der Waals surface area contributed by atoms with Gasteiger partial charge in [0, 0.05) is 25.1 Å². The van der Waals surface area contributed by atoms with E-state index in [0.717, 1.165) is 24.8 Å². The normalized spacial score (nSPS) is 21.2. The zero-order chi connectivity index (χ0) is 19.3. The summed E-state index contributed by atoms with van der Waals surface area (Å²) in [6.45, 7) is 0.536. The zero-order valence-electron chi connectivity index (χ0n) is 15.5. The summed E-state index contributed by atoms with van der Waals surface area (Å²) < 4.78 is 0. The number of carbonyl (C=O) groups is 2. The maximum absolute atomic E-state index is 13.0. The Morgan fingerprint density at radius 1 is 1.21 bits per heavy atom. The van der Waals surface area contributed by atoms with E-state index >= 15 is 0 Å². The first-order valence-electron chi connectivity index (χ1n) is 9.44. The van der Waals surface area contributed by atoms with E-state index in [0.29, 0.717) is 12.4 Å². The van der Waals surface area contributed by atoms with Crippen molar-refractivity contribution in [3.8, 4) is 0 Å². The van der Waals surface area contributed by atoms with Crippen LogP contribution in [-0.4, -0.2) is 37.8 Å². The van der Waals surface area contributed by atoms with Crippen LogP contribution in [-0.2, 0) is 16.1 Å². The second-order valence-corrected chi connectivity index (χ2v) is 8.00. The summed E-state index contributed by atoms with van der Waals surface area (Å²) in [5.74, 6) is 0.835. The number of carbonyl (C=O) groups excluding carboxylic acids is 2. The van der Waals surface area contributed by atoms with E-state index in [-0.39, 0.29) is 28.9 Å². The van der Waals surface area contributed by atoms with Gasteiger partial charge < -0.3 is 10.2 Å². The van der Waals surface area contributed by atoms with Crippen molar-refractivity contribution in [1.29, 1.82) is 0 Å². The van der Waals surface area contributed by atoms with Gasteiger partial charge in [-0.15, -0.1) is 11.8 Å². The number of pyridine rings is 2. The molecule has 144 valence electrons. The molecule has 0 spiro atoms. The molecule has 4 rings (SSSR count). The molecule has 0 bridgehead atoms. The van der Waals surface area contributed by atoms with Crippen molar-refractivity contribution < 1.29 is 9.59 Å². The molecule has 1 fully saturated rings. The van der Waals surface area contributed by atoms with E-state index in [1.165, 1.54) is 17.3 Å². The number of amides is 2. The van der Waals surface area contributed by atoms with Crippen LogP contribution in [0.4, 0.5) is 5.82 Å². The number of rotatable bonds is 6. The molecule has 0 saturated carbocycles. The van der Waals surface area contributed by atoms with Gasteiger partial charge in [0.1, 0.15) is 11.2 Å². The third-order valence-corrected chi connectivity index (χ3v) is 6.31. The largest absolute Gasteiger partial charge is 0.322 e. The first-order chi connectivity index (χ1) is 13.7. The topological polar surface area (TPSA) is 75.2 Å². The number of anilines is 1. The molecule has 6 nitrogen and oxygen atoms in total. The number of nitrogens with one attached hydrogen (secondary N) is 1. The zero-order valence-corrected chi connectivity index (χ0v) is 16.3. The first kappa shape index (κ1) is 18.7. The molecule has 7 heteroatoms. The van der Waals surface area contributed by atoms with Gasteiger partial charge in [0.2, 0.25) is 11.8 Å². The van der Waals surface area contributed by atoms with Crippen molar-refractivity contribution in [1.82, 2.24) is 14.9 Å². The summed E-state index contributed by atoms with van der Waals surface area (Å²) in [5.41, 5.74) is 2.21. The summed E-state index contributed by atoms with van der Waals surface area (Å²) in [6.07, 6.45) is 10.3. The van der Waals surface area contributed by atoms with Gasteiger partial charge in [-0.2, -0.15) is 0 Å². The van der Waals surface area contributed by atoms with Crippen molar-refractivity contribution in [2.24, 2.45) is 5.92 Å². The SMILES string of the molecule is O=C(CSC1C2=CCCCC2C(=O)N1Cc1ccncc1)Nc1ccccn1. The van der Waals surface area contributed by atoms with Crippen LogP contribution >= 0.6 is 11.8 Å². The molecule has 2 atom stereocenters. The maximum atomic E-state index is 13.0.